The van der Waals surface area contributed by atoms with Crippen molar-refractivity contribution in [2.24, 2.45) is 0 Å². The fourth-order valence-corrected chi connectivity index (χ4v) is 2.18. The van der Waals surface area contributed by atoms with Crippen molar-refractivity contribution < 1.29 is 4.42 Å². The molecule has 3 nitrogen and oxygen atoms in total. The van der Waals surface area contributed by atoms with Crippen LogP contribution in [0.1, 0.15) is 32.4 Å². The Morgan fingerprint density at radius 1 is 1.22 bits per heavy atom. The van der Waals surface area contributed by atoms with Crippen LogP contribution in [-0.4, -0.2) is 4.98 Å². The average molecular weight is 258 g/mol. The predicted molar refractivity (Wildman–Crippen MR) is 70.5 cm³/mol. The molecule has 0 bridgehead atoms. The lowest BCUT2D eigenvalue weighted by Gasteiger charge is -2.11. The highest BCUT2D eigenvalue weighted by Crippen LogP contribution is 2.33. The molecule has 0 spiro atoms. The van der Waals surface area contributed by atoms with E-state index < -0.39 is 0 Å². The van der Waals surface area contributed by atoms with Crippen LogP contribution in [0.2, 0.25) is 0 Å². The minimum absolute atomic E-state index is 0.193. The van der Waals surface area contributed by atoms with Crippen LogP contribution in [0.3, 0.4) is 0 Å². The minimum Gasteiger partial charge on any atom is -0.432 e. The van der Waals surface area contributed by atoms with E-state index in [4.69, 9.17) is 9.68 Å². The molecule has 2 aromatic rings. The Morgan fingerprint density at radius 2 is 1.89 bits per heavy atom. The van der Waals surface area contributed by atoms with Gasteiger partial charge in [-0.1, -0.05) is 39.0 Å². The second-order valence-electron chi connectivity index (χ2n) is 4.93. The van der Waals surface area contributed by atoms with E-state index in [0.29, 0.717) is 16.7 Å². The molecule has 1 aromatic carbocycles. The first-order valence-electron chi connectivity index (χ1n) is 5.65. The summed E-state index contributed by atoms with van der Waals surface area (Å²) in [6, 6.07) is 11.9. The second-order valence-corrected chi connectivity index (χ2v) is 5.98. The van der Waals surface area contributed by atoms with Gasteiger partial charge in [0.05, 0.1) is 0 Å². The summed E-state index contributed by atoms with van der Waals surface area (Å²) >= 11 is 1.42. The molecule has 2 rings (SSSR count). The largest absolute Gasteiger partial charge is 0.432 e. The molecule has 18 heavy (non-hydrogen) atoms. The number of nitrogens with zero attached hydrogens (tertiary/aromatic N) is 2. The van der Waals surface area contributed by atoms with Crippen LogP contribution >= 0.6 is 11.8 Å². The minimum atomic E-state index is -0.193. The van der Waals surface area contributed by atoms with Crippen LogP contribution in [-0.2, 0) is 5.41 Å². The van der Waals surface area contributed by atoms with Gasteiger partial charge in [-0.05, 0) is 23.9 Å². The Bertz CT molecular complexity index is 576. The summed E-state index contributed by atoms with van der Waals surface area (Å²) in [5, 5.41) is 9.65. The summed E-state index contributed by atoms with van der Waals surface area (Å²) < 4.78 is 5.70. The topological polar surface area (TPSA) is 49.8 Å². The molecule has 0 unspecified atom stereocenters. The fraction of sp³-hybridized carbons (Fsp3) is 0.286. The molecule has 0 aliphatic rings. The Kier molecular flexibility index (Phi) is 3.44. The van der Waals surface area contributed by atoms with Gasteiger partial charge in [0.2, 0.25) is 11.0 Å². The van der Waals surface area contributed by atoms with Crippen LogP contribution in [0.5, 0.6) is 0 Å². The summed E-state index contributed by atoms with van der Waals surface area (Å²) in [4.78, 5) is 5.28. The zero-order chi connectivity index (χ0) is 13.2. The summed E-state index contributed by atoms with van der Waals surface area (Å²) in [7, 11) is 0. The summed E-state index contributed by atoms with van der Waals surface area (Å²) in [6.07, 6.45) is 0. The molecule has 0 aliphatic carbocycles. The molecule has 0 radical (unpaired) electrons. The Hall–Kier alpha value is -1.73. The molecule has 1 aromatic heterocycles. The van der Waals surface area contributed by atoms with E-state index in [1.165, 1.54) is 11.8 Å². The van der Waals surface area contributed by atoms with Crippen molar-refractivity contribution in [3.63, 3.8) is 0 Å². The Balaban J connectivity index is 2.34. The van der Waals surface area contributed by atoms with Crippen molar-refractivity contribution in [1.82, 2.24) is 4.98 Å². The van der Waals surface area contributed by atoms with E-state index in [1.807, 2.05) is 51.1 Å². The van der Waals surface area contributed by atoms with E-state index in [0.717, 1.165) is 4.90 Å². The lowest BCUT2D eigenvalue weighted by molar-refractivity contribution is 0.350. The standard InChI is InChI=1S/C14H14N2OS/c1-14(2,3)13-16-11(9-15)12(17-13)18-10-7-5-4-6-8-10/h4-8H,1-3H3. The molecule has 92 valence electrons. The molecule has 0 saturated carbocycles. The normalized spacial score (nSPS) is 11.2. The van der Waals surface area contributed by atoms with Gasteiger partial charge in [0, 0.05) is 10.3 Å². The molecular weight excluding hydrogens is 244 g/mol. The van der Waals surface area contributed by atoms with Gasteiger partial charge >= 0.3 is 0 Å². The van der Waals surface area contributed by atoms with Crippen molar-refractivity contribution in [3.05, 3.63) is 41.9 Å². The van der Waals surface area contributed by atoms with Gasteiger partial charge in [-0.15, -0.1) is 0 Å². The maximum absolute atomic E-state index is 9.09. The molecule has 0 fully saturated rings. The summed E-state index contributed by atoms with van der Waals surface area (Å²) in [5.74, 6) is 0.595. The molecule has 0 atom stereocenters. The lowest BCUT2D eigenvalue weighted by atomic mass is 9.97. The predicted octanol–water partition coefficient (Wildman–Crippen LogP) is 3.99. The van der Waals surface area contributed by atoms with Crippen LogP contribution in [0.15, 0.2) is 44.7 Å². The second kappa shape index (κ2) is 4.87. The number of aromatic nitrogens is 1. The molecule has 4 heteroatoms. The Morgan fingerprint density at radius 3 is 2.44 bits per heavy atom. The van der Waals surface area contributed by atoms with E-state index in [1.54, 1.807) is 0 Å². The van der Waals surface area contributed by atoms with Gasteiger partial charge in [-0.2, -0.15) is 5.26 Å². The molecule has 0 saturated heterocycles. The van der Waals surface area contributed by atoms with Crippen LogP contribution in [0.4, 0.5) is 0 Å². The third kappa shape index (κ3) is 2.74. The fourth-order valence-electron chi connectivity index (χ4n) is 1.36. The van der Waals surface area contributed by atoms with E-state index in [2.05, 4.69) is 11.1 Å². The zero-order valence-corrected chi connectivity index (χ0v) is 11.4. The number of hydrogen-bond acceptors (Lipinski definition) is 4. The highest BCUT2D eigenvalue weighted by Gasteiger charge is 2.24. The summed E-state index contributed by atoms with van der Waals surface area (Å²) in [6.45, 7) is 6.03. The maximum atomic E-state index is 9.09. The first-order valence-corrected chi connectivity index (χ1v) is 6.46. The number of nitriles is 1. The third-order valence-corrected chi connectivity index (χ3v) is 3.27. The van der Waals surface area contributed by atoms with Gasteiger partial charge in [0.15, 0.2) is 5.69 Å². The van der Waals surface area contributed by atoms with Gasteiger partial charge < -0.3 is 4.42 Å². The quantitative estimate of drug-likeness (QED) is 0.817. The Labute approximate surface area is 111 Å². The van der Waals surface area contributed by atoms with Crippen molar-refractivity contribution >= 4 is 11.8 Å². The van der Waals surface area contributed by atoms with Crippen molar-refractivity contribution in [1.29, 1.82) is 5.26 Å². The van der Waals surface area contributed by atoms with Crippen molar-refractivity contribution in [2.75, 3.05) is 0 Å². The molecule has 0 amide bonds. The van der Waals surface area contributed by atoms with E-state index >= 15 is 0 Å². The smallest absolute Gasteiger partial charge is 0.203 e. The summed E-state index contributed by atoms with van der Waals surface area (Å²) in [5.41, 5.74) is 0.162. The number of oxazole rings is 1. The first kappa shape index (κ1) is 12.7. The van der Waals surface area contributed by atoms with Gasteiger partial charge in [0.1, 0.15) is 6.07 Å². The third-order valence-electron chi connectivity index (χ3n) is 2.30. The lowest BCUT2D eigenvalue weighted by Crippen LogP contribution is -2.11. The van der Waals surface area contributed by atoms with Crippen molar-refractivity contribution in [2.45, 2.75) is 36.2 Å². The molecule has 1 heterocycles. The van der Waals surface area contributed by atoms with Gasteiger partial charge in [0.25, 0.3) is 0 Å². The van der Waals surface area contributed by atoms with Crippen LogP contribution in [0, 0.1) is 11.3 Å². The molecule has 0 aliphatic heterocycles. The highest BCUT2D eigenvalue weighted by molar-refractivity contribution is 7.99. The van der Waals surface area contributed by atoms with Crippen LogP contribution in [0.25, 0.3) is 0 Å². The van der Waals surface area contributed by atoms with Gasteiger partial charge in [-0.25, -0.2) is 4.98 Å². The number of benzene rings is 1. The SMILES string of the molecule is CC(C)(C)c1nc(C#N)c(Sc2ccccc2)o1. The van der Waals surface area contributed by atoms with Crippen molar-refractivity contribution in [3.8, 4) is 6.07 Å². The average Bonchev–Trinajstić information content (AvgIpc) is 2.73. The van der Waals surface area contributed by atoms with E-state index in [9.17, 15) is 0 Å². The number of hydrogen-bond donors (Lipinski definition) is 0. The zero-order valence-electron chi connectivity index (χ0n) is 10.6. The maximum Gasteiger partial charge on any atom is 0.203 e. The monoisotopic (exact) mass is 258 g/mol. The van der Waals surface area contributed by atoms with E-state index in [-0.39, 0.29) is 5.41 Å². The van der Waals surface area contributed by atoms with Gasteiger partial charge in [-0.3, -0.25) is 0 Å². The highest BCUT2D eigenvalue weighted by atomic mass is 32.2. The molecular formula is C14H14N2OS. The van der Waals surface area contributed by atoms with Crippen LogP contribution < -0.4 is 0 Å². The first-order chi connectivity index (χ1) is 8.50. The molecule has 0 N–H and O–H groups in total. The number of rotatable bonds is 2.